The maximum absolute atomic E-state index is 3.61. The minimum atomic E-state index is 0.731. The van der Waals surface area contributed by atoms with Gasteiger partial charge in [0, 0.05) is 6.54 Å². The first-order valence-electron chi connectivity index (χ1n) is 7.41. The van der Waals surface area contributed by atoms with Crippen LogP contribution in [0.5, 0.6) is 0 Å². The highest BCUT2D eigenvalue weighted by Gasteiger charge is 2.18. The SMILES string of the molecule is CCNCCCNCC1CCCc2ccccc21. The van der Waals surface area contributed by atoms with Crippen LogP contribution in [0.3, 0.4) is 0 Å². The van der Waals surface area contributed by atoms with Gasteiger partial charge in [-0.05, 0) is 62.4 Å². The molecule has 0 bridgehead atoms. The van der Waals surface area contributed by atoms with Crippen molar-refractivity contribution in [3.8, 4) is 0 Å². The van der Waals surface area contributed by atoms with Gasteiger partial charge in [0.05, 0.1) is 0 Å². The Morgan fingerprint density at radius 2 is 2.00 bits per heavy atom. The minimum absolute atomic E-state index is 0.731. The molecule has 0 aliphatic heterocycles. The zero-order chi connectivity index (χ0) is 12.6. The first kappa shape index (κ1) is 13.6. The Morgan fingerprint density at radius 1 is 1.17 bits per heavy atom. The van der Waals surface area contributed by atoms with Crippen molar-refractivity contribution in [2.75, 3.05) is 26.2 Å². The zero-order valence-electron chi connectivity index (χ0n) is 11.5. The van der Waals surface area contributed by atoms with E-state index in [0.29, 0.717) is 0 Å². The quantitative estimate of drug-likeness (QED) is 0.723. The predicted octanol–water partition coefficient (Wildman–Crippen LogP) is 2.70. The van der Waals surface area contributed by atoms with Gasteiger partial charge >= 0.3 is 0 Å². The largest absolute Gasteiger partial charge is 0.317 e. The summed E-state index contributed by atoms with van der Waals surface area (Å²) in [5, 5.41) is 6.98. The number of aryl methyl sites for hydroxylation is 1. The number of benzene rings is 1. The summed E-state index contributed by atoms with van der Waals surface area (Å²) in [5.41, 5.74) is 3.16. The number of nitrogens with one attached hydrogen (secondary N) is 2. The van der Waals surface area contributed by atoms with Crippen molar-refractivity contribution in [3.63, 3.8) is 0 Å². The van der Waals surface area contributed by atoms with Crippen molar-refractivity contribution in [2.45, 2.75) is 38.5 Å². The molecule has 0 spiro atoms. The Labute approximate surface area is 111 Å². The average Bonchev–Trinajstić information content (AvgIpc) is 2.43. The van der Waals surface area contributed by atoms with Gasteiger partial charge < -0.3 is 10.6 Å². The van der Waals surface area contributed by atoms with Gasteiger partial charge in [-0.3, -0.25) is 0 Å². The normalized spacial score (nSPS) is 18.6. The summed E-state index contributed by atoms with van der Waals surface area (Å²) in [4.78, 5) is 0. The smallest absolute Gasteiger partial charge is 0.00202 e. The van der Waals surface area contributed by atoms with Crippen LogP contribution in [0.2, 0.25) is 0 Å². The van der Waals surface area contributed by atoms with E-state index in [1.807, 2.05) is 0 Å². The lowest BCUT2D eigenvalue weighted by Gasteiger charge is -2.25. The number of hydrogen-bond acceptors (Lipinski definition) is 2. The molecular formula is C16H26N2. The summed E-state index contributed by atoms with van der Waals surface area (Å²) in [7, 11) is 0. The predicted molar refractivity (Wildman–Crippen MR) is 78.2 cm³/mol. The highest BCUT2D eigenvalue weighted by Crippen LogP contribution is 2.30. The van der Waals surface area contributed by atoms with E-state index in [1.54, 1.807) is 11.1 Å². The van der Waals surface area contributed by atoms with Gasteiger partial charge in [0.2, 0.25) is 0 Å². The van der Waals surface area contributed by atoms with Crippen LogP contribution < -0.4 is 10.6 Å². The third-order valence-electron chi connectivity index (χ3n) is 3.84. The van der Waals surface area contributed by atoms with Crippen LogP contribution in [0.4, 0.5) is 0 Å². The van der Waals surface area contributed by atoms with Crippen molar-refractivity contribution >= 4 is 0 Å². The van der Waals surface area contributed by atoms with E-state index in [1.165, 1.54) is 25.7 Å². The number of rotatable bonds is 7. The van der Waals surface area contributed by atoms with E-state index in [0.717, 1.165) is 32.1 Å². The molecule has 1 aromatic rings. The van der Waals surface area contributed by atoms with Crippen molar-refractivity contribution < 1.29 is 0 Å². The fourth-order valence-corrected chi connectivity index (χ4v) is 2.86. The van der Waals surface area contributed by atoms with Gasteiger partial charge in [0.15, 0.2) is 0 Å². The lowest BCUT2D eigenvalue weighted by molar-refractivity contribution is 0.499. The molecule has 2 nitrogen and oxygen atoms in total. The molecular weight excluding hydrogens is 220 g/mol. The summed E-state index contributed by atoms with van der Waals surface area (Å²) in [5.74, 6) is 0.731. The Kier molecular flexibility index (Phi) is 5.69. The fourth-order valence-electron chi connectivity index (χ4n) is 2.86. The summed E-state index contributed by atoms with van der Waals surface area (Å²) in [6.45, 7) is 6.64. The van der Waals surface area contributed by atoms with Crippen molar-refractivity contribution in [1.82, 2.24) is 10.6 Å². The topological polar surface area (TPSA) is 24.1 Å². The molecule has 1 aliphatic rings. The van der Waals surface area contributed by atoms with E-state index in [4.69, 9.17) is 0 Å². The van der Waals surface area contributed by atoms with Crippen LogP contribution in [0.25, 0.3) is 0 Å². The van der Waals surface area contributed by atoms with E-state index >= 15 is 0 Å². The Morgan fingerprint density at radius 3 is 2.89 bits per heavy atom. The van der Waals surface area contributed by atoms with Gasteiger partial charge in [0.25, 0.3) is 0 Å². The van der Waals surface area contributed by atoms with Gasteiger partial charge in [-0.2, -0.15) is 0 Å². The molecule has 2 heteroatoms. The summed E-state index contributed by atoms with van der Waals surface area (Å²) >= 11 is 0. The van der Waals surface area contributed by atoms with Crippen molar-refractivity contribution in [2.24, 2.45) is 0 Å². The van der Waals surface area contributed by atoms with Crippen LogP contribution in [-0.2, 0) is 6.42 Å². The maximum atomic E-state index is 3.61. The van der Waals surface area contributed by atoms with Crippen molar-refractivity contribution in [1.29, 1.82) is 0 Å². The zero-order valence-corrected chi connectivity index (χ0v) is 11.5. The second-order valence-electron chi connectivity index (χ2n) is 5.20. The highest BCUT2D eigenvalue weighted by atomic mass is 14.9. The maximum Gasteiger partial charge on any atom is 0.00202 e. The summed E-state index contributed by atoms with van der Waals surface area (Å²) < 4.78 is 0. The molecule has 1 unspecified atom stereocenters. The van der Waals surface area contributed by atoms with E-state index in [-0.39, 0.29) is 0 Å². The average molecular weight is 246 g/mol. The van der Waals surface area contributed by atoms with Crippen LogP contribution in [0, 0.1) is 0 Å². The van der Waals surface area contributed by atoms with Gasteiger partial charge in [-0.1, -0.05) is 31.2 Å². The third-order valence-corrected chi connectivity index (χ3v) is 3.84. The first-order chi connectivity index (χ1) is 8.92. The van der Waals surface area contributed by atoms with E-state index in [2.05, 4.69) is 41.8 Å². The molecule has 100 valence electrons. The van der Waals surface area contributed by atoms with Crippen molar-refractivity contribution in [3.05, 3.63) is 35.4 Å². The van der Waals surface area contributed by atoms with E-state index in [9.17, 15) is 0 Å². The minimum Gasteiger partial charge on any atom is -0.317 e. The van der Waals surface area contributed by atoms with Crippen LogP contribution in [0.1, 0.15) is 43.2 Å². The van der Waals surface area contributed by atoms with Crippen LogP contribution in [0.15, 0.2) is 24.3 Å². The molecule has 0 radical (unpaired) electrons. The van der Waals surface area contributed by atoms with Gasteiger partial charge in [-0.15, -0.1) is 0 Å². The Balaban J connectivity index is 1.74. The lowest BCUT2D eigenvalue weighted by Crippen LogP contribution is -2.27. The molecule has 0 saturated heterocycles. The first-order valence-corrected chi connectivity index (χ1v) is 7.41. The molecule has 0 heterocycles. The van der Waals surface area contributed by atoms with Crippen LogP contribution in [-0.4, -0.2) is 26.2 Å². The summed E-state index contributed by atoms with van der Waals surface area (Å²) in [6.07, 6.45) is 5.19. The molecule has 1 atom stereocenters. The molecule has 0 amide bonds. The van der Waals surface area contributed by atoms with Gasteiger partial charge in [-0.25, -0.2) is 0 Å². The second kappa shape index (κ2) is 7.55. The third kappa shape index (κ3) is 3.82. The highest BCUT2D eigenvalue weighted by molar-refractivity contribution is 5.32. The molecule has 1 aromatic carbocycles. The molecule has 0 fully saturated rings. The Bertz CT molecular complexity index is 349. The van der Waals surface area contributed by atoms with E-state index < -0.39 is 0 Å². The molecule has 0 aromatic heterocycles. The lowest BCUT2D eigenvalue weighted by atomic mass is 9.83. The van der Waals surface area contributed by atoms with Gasteiger partial charge in [0.1, 0.15) is 0 Å². The number of hydrogen-bond donors (Lipinski definition) is 2. The van der Waals surface area contributed by atoms with Crippen LogP contribution >= 0.6 is 0 Å². The monoisotopic (exact) mass is 246 g/mol. The fraction of sp³-hybridized carbons (Fsp3) is 0.625. The molecule has 1 aliphatic carbocycles. The second-order valence-corrected chi connectivity index (χ2v) is 5.20. The number of fused-ring (bicyclic) bond motifs is 1. The molecule has 18 heavy (non-hydrogen) atoms. The Hall–Kier alpha value is -0.860. The molecule has 2 rings (SSSR count). The standard InChI is InChI=1S/C16H26N2/c1-2-17-11-6-12-18-13-15-9-5-8-14-7-3-4-10-16(14)15/h3-4,7,10,15,17-18H,2,5-6,8-9,11-13H2,1H3. The molecule has 0 saturated carbocycles. The summed E-state index contributed by atoms with van der Waals surface area (Å²) in [6, 6.07) is 8.97. The molecule has 2 N–H and O–H groups in total.